The maximum absolute atomic E-state index is 12.7. The Morgan fingerprint density at radius 1 is 1.14 bits per heavy atom. The highest BCUT2D eigenvalue weighted by molar-refractivity contribution is 7.98. The first-order valence-electron chi connectivity index (χ1n) is 6.85. The van der Waals surface area contributed by atoms with Crippen molar-refractivity contribution in [2.75, 3.05) is 0 Å². The Bertz CT molecular complexity index is 978. The molecule has 0 aliphatic carbocycles. The highest BCUT2D eigenvalue weighted by Gasteiger charge is 2.23. The molecule has 1 aliphatic rings. The number of aromatic amines is 1. The Morgan fingerprint density at radius 3 is 2.77 bits per heavy atom. The zero-order valence-electron chi connectivity index (χ0n) is 11.5. The lowest BCUT2D eigenvalue weighted by atomic mass is 10.1. The average Bonchev–Trinajstić information content (AvgIpc) is 2.92. The molecule has 0 saturated heterocycles. The minimum atomic E-state index is -0.0836. The number of benzene rings is 2. The van der Waals surface area contributed by atoms with E-state index in [1.54, 1.807) is 30.0 Å². The Labute approximate surface area is 131 Å². The molecule has 0 bridgehead atoms. The van der Waals surface area contributed by atoms with Gasteiger partial charge < -0.3 is 0 Å². The molecule has 0 saturated carbocycles. The molecule has 0 amide bonds. The van der Waals surface area contributed by atoms with Gasteiger partial charge >= 0.3 is 0 Å². The number of para-hydroxylation sites is 1. The van der Waals surface area contributed by atoms with Crippen LogP contribution in [0.25, 0.3) is 16.9 Å². The summed E-state index contributed by atoms with van der Waals surface area (Å²) in [7, 11) is 0. The van der Waals surface area contributed by atoms with Gasteiger partial charge in [-0.15, -0.1) is 11.8 Å². The SMILES string of the molecule is N#Cc1ccccc1-n1[nH]c2c(c1=O)CSc1ccccc1-2. The summed E-state index contributed by atoms with van der Waals surface area (Å²) < 4.78 is 1.48. The van der Waals surface area contributed by atoms with Crippen LogP contribution in [-0.2, 0) is 5.75 Å². The van der Waals surface area contributed by atoms with Gasteiger partial charge in [0.1, 0.15) is 6.07 Å². The molecule has 1 N–H and O–H groups in total. The van der Waals surface area contributed by atoms with E-state index in [-0.39, 0.29) is 5.56 Å². The third kappa shape index (κ3) is 1.81. The van der Waals surface area contributed by atoms with Crippen LogP contribution in [0.3, 0.4) is 0 Å². The minimum absolute atomic E-state index is 0.0836. The fourth-order valence-electron chi connectivity index (χ4n) is 2.71. The zero-order valence-corrected chi connectivity index (χ0v) is 12.4. The van der Waals surface area contributed by atoms with Gasteiger partial charge in [-0.3, -0.25) is 9.89 Å². The second-order valence-electron chi connectivity index (χ2n) is 5.02. The van der Waals surface area contributed by atoms with Gasteiger partial charge in [0.2, 0.25) is 0 Å². The molecule has 2 aromatic carbocycles. The predicted octanol–water partition coefficient (Wildman–Crippen LogP) is 3.31. The number of hydrogen-bond acceptors (Lipinski definition) is 3. The largest absolute Gasteiger partial charge is 0.290 e. The summed E-state index contributed by atoms with van der Waals surface area (Å²) >= 11 is 1.67. The Kier molecular flexibility index (Phi) is 2.91. The van der Waals surface area contributed by atoms with Crippen molar-refractivity contribution in [1.82, 2.24) is 9.78 Å². The van der Waals surface area contributed by atoms with Crippen molar-refractivity contribution in [2.24, 2.45) is 0 Å². The normalized spacial score (nSPS) is 12.3. The number of thioether (sulfide) groups is 1. The molecule has 4 nitrogen and oxygen atoms in total. The number of hydrogen-bond donors (Lipinski definition) is 1. The first kappa shape index (κ1) is 13.0. The predicted molar refractivity (Wildman–Crippen MR) is 86.1 cm³/mol. The van der Waals surface area contributed by atoms with E-state index in [9.17, 15) is 10.1 Å². The summed E-state index contributed by atoms with van der Waals surface area (Å²) in [6.45, 7) is 0. The number of nitriles is 1. The average molecular weight is 305 g/mol. The van der Waals surface area contributed by atoms with E-state index in [1.165, 1.54) is 4.68 Å². The van der Waals surface area contributed by atoms with E-state index in [1.807, 2.05) is 24.3 Å². The molecule has 1 aromatic heterocycles. The zero-order chi connectivity index (χ0) is 15.1. The van der Waals surface area contributed by atoms with Gasteiger partial charge in [-0.1, -0.05) is 30.3 Å². The lowest BCUT2D eigenvalue weighted by Gasteiger charge is -2.13. The molecular formula is C17H11N3OS. The molecule has 0 fully saturated rings. The van der Waals surface area contributed by atoms with Gasteiger partial charge in [-0.2, -0.15) is 5.26 Å². The number of nitrogens with one attached hydrogen (secondary N) is 1. The molecular weight excluding hydrogens is 294 g/mol. The van der Waals surface area contributed by atoms with Crippen molar-refractivity contribution in [3.05, 3.63) is 70.0 Å². The van der Waals surface area contributed by atoms with E-state index in [0.29, 0.717) is 17.0 Å². The molecule has 0 unspecified atom stereocenters. The third-order valence-corrected chi connectivity index (χ3v) is 4.88. The Balaban J connectivity index is 1.98. The summed E-state index contributed by atoms with van der Waals surface area (Å²) in [5.41, 5.74) is 3.64. The first-order valence-corrected chi connectivity index (χ1v) is 7.84. The maximum atomic E-state index is 12.7. The van der Waals surface area contributed by atoms with Gasteiger partial charge in [-0.25, -0.2) is 4.68 Å². The molecule has 0 spiro atoms. The second kappa shape index (κ2) is 4.93. The van der Waals surface area contributed by atoms with Crippen LogP contribution in [0.1, 0.15) is 11.1 Å². The van der Waals surface area contributed by atoms with E-state index < -0.39 is 0 Å². The van der Waals surface area contributed by atoms with Crippen molar-refractivity contribution in [1.29, 1.82) is 5.26 Å². The van der Waals surface area contributed by atoms with Crippen LogP contribution < -0.4 is 5.56 Å². The van der Waals surface area contributed by atoms with Crippen LogP contribution in [0.15, 0.2) is 58.2 Å². The lowest BCUT2D eigenvalue weighted by Crippen LogP contribution is -2.18. The number of aromatic nitrogens is 2. The van der Waals surface area contributed by atoms with Crippen LogP contribution in [0.2, 0.25) is 0 Å². The minimum Gasteiger partial charge on any atom is -0.290 e. The van der Waals surface area contributed by atoms with Gasteiger partial charge in [0, 0.05) is 16.2 Å². The smallest absolute Gasteiger partial charge is 0.275 e. The quantitative estimate of drug-likeness (QED) is 0.750. The highest BCUT2D eigenvalue weighted by Crippen LogP contribution is 2.39. The fraction of sp³-hybridized carbons (Fsp3) is 0.0588. The number of nitrogens with zero attached hydrogens (tertiary/aromatic N) is 2. The third-order valence-electron chi connectivity index (χ3n) is 3.78. The molecule has 5 heteroatoms. The molecule has 0 atom stereocenters. The van der Waals surface area contributed by atoms with Crippen LogP contribution in [0.5, 0.6) is 0 Å². The molecule has 22 heavy (non-hydrogen) atoms. The van der Waals surface area contributed by atoms with Crippen LogP contribution >= 0.6 is 11.8 Å². The Hall–Kier alpha value is -2.71. The highest BCUT2D eigenvalue weighted by atomic mass is 32.2. The first-order chi connectivity index (χ1) is 10.8. The van der Waals surface area contributed by atoms with Crippen molar-refractivity contribution >= 4 is 11.8 Å². The molecule has 2 heterocycles. The standard InChI is InChI=1S/C17H11N3OS/c18-9-11-5-1-3-7-14(11)20-17(21)13-10-22-15-8-4-2-6-12(15)16(13)19-20/h1-8,19H,10H2. The summed E-state index contributed by atoms with van der Waals surface area (Å²) in [6, 6.07) is 17.3. The molecule has 0 radical (unpaired) electrons. The van der Waals surface area contributed by atoms with Crippen molar-refractivity contribution in [3.63, 3.8) is 0 Å². The maximum Gasteiger partial charge on any atom is 0.275 e. The van der Waals surface area contributed by atoms with Crippen molar-refractivity contribution < 1.29 is 0 Å². The molecule has 3 aromatic rings. The van der Waals surface area contributed by atoms with Gasteiger partial charge in [0.25, 0.3) is 5.56 Å². The summed E-state index contributed by atoms with van der Waals surface area (Å²) in [5.74, 6) is 0.642. The van der Waals surface area contributed by atoms with E-state index >= 15 is 0 Å². The number of fused-ring (bicyclic) bond motifs is 3. The lowest BCUT2D eigenvalue weighted by molar-refractivity contribution is 0.848. The van der Waals surface area contributed by atoms with E-state index in [0.717, 1.165) is 21.7 Å². The molecule has 4 rings (SSSR count). The van der Waals surface area contributed by atoms with Gasteiger partial charge in [-0.05, 0) is 18.2 Å². The fourth-order valence-corrected chi connectivity index (χ4v) is 3.78. The van der Waals surface area contributed by atoms with Gasteiger partial charge in [0.15, 0.2) is 0 Å². The van der Waals surface area contributed by atoms with Crippen LogP contribution in [0.4, 0.5) is 0 Å². The summed E-state index contributed by atoms with van der Waals surface area (Å²) in [5, 5.41) is 12.4. The Morgan fingerprint density at radius 2 is 1.91 bits per heavy atom. The monoisotopic (exact) mass is 305 g/mol. The van der Waals surface area contributed by atoms with E-state index in [2.05, 4.69) is 17.2 Å². The topological polar surface area (TPSA) is 61.6 Å². The van der Waals surface area contributed by atoms with Crippen LogP contribution in [0, 0.1) is 11.3 Å². The summed E-state index contributed by atoms with van der Waals surface area (Å²) in [4.78, 5) is 13.9. The van der Waals surface area contributed by atoms with Crippen molar-refractivity contribution in [3.8, 4) is 23.0 Å². The number of rotatable bonds is 1. The van der Waals surface area contributed by atoms with Gasteiger partial charge in [0.05, 0.1) is 22.5 Å². The summed E-state index contributed by atoms with van der Waals surface area (Å²) in [6.07, 6.45) is 0. The molecule has 106 valence electrons. The second-order valence-corrected chi connectivity index (χ2v) is 6.04. The molecule has 1 aliphatic heterocycles. The number of H-pyrrole nitrogens is 1. The van der Waals surface area contributed by atoms with Crippen molar-refractivity contribution in [2.45, 2.75) is 10.6 Å². The van der Waals surface area contributed by atoms with E-state index in [4.69, 9.17) is 0 Å². The van der Waals surface area contributed by atoms with Crippen LogP contribution in [-0.4, -0.2) is 9.78 Å².